The monoisotopic (exact) mass is 419 g/mol. The normalized spacial score (nSPS) is 12.2. The van der Waals surface area contributed by atoms with Crippen molar-refractivity contribution in [1.29, 1.82) is 0 Å². The summed E-state index contributed by atoms with van der Waals surface area (Å²) < 4.78 is 11.2. The molecule has 0 aliphatic heterocycles. The molecule has 2 aromatic carbocycles. The molecular weight excluding hydrogens is 398 g/mol. The molecule has 31 heavy (non-hydrogen) atoms. The second kappa shape index (κ2) is 7.75. The van der Waals surface area contributed by atoms with Crippen LogP contribution in [0, 0.1) is 13.8 Å². The van der Waals surface area contributed by atoms with E-state index < -0.39 is 23.5 Å². The van der Waals surface area contributed by atoms with E-state index >= 15 is 0 Å². The molecule has 0 bridgehead atoms. The van der Waals surface area contributed by atoms with Crippen molar-refractivity contribution in [3.8, 4) is 11.1 Å². The fraction of sp³-hybridized carbons (Fsp3) is 0.208. The van der Waals surface area contributed by atoms with Gasteiger partial charge in [-0.2, -0.15) is 0 Å². The second-order valence-electron chi connectivity index (χ2n) is 7.66. The van der Waals surface area contributed by atoms with Gasteiger partial charge in [0.25, 0.3) is 0 Å². The number of carboxylic acid groups (broad SMARTS) is 1. The first-order valence-corrected chi connectivity index (χ1v) is 9.81. The minimum atomic E-state index is -1.15. The third-order valence-electron chi connectivity index (χ3n) is 5.43. The lowest BCUT2D eigenvalue weighted by molar-refractivity contribution is -0.141. The van der Waals surface area contributed by atoms with Gasteiger partial charge in [0, 0.05) is 22.4 Å². The first-order valence-electron chi connectivity index (χ1n) is 9.81. The Kier molecular flexibility index (Phi) is 5.10. The summed E-state index contributed by atoms with van der Waals surface area (Å²) in [5.41, 5.74) is 4.20. The Balaban J connectivity index is 1.79. The molecule has 0 radical (unpaired) electrons. The molecule has 4 aromatic rings. The van der Waals surface area contributed by atoms with Crippen molar-refractivity contribution < 1.29 is 23.5 Å². The highest BCUT2D eigenvalue weighted by atomic mass is 16.4. The predicted octanol–water partition coefficient (Wildman–Crippen LogP) is 3.95. The maximum absolute atomic E-state index is 12.5. The minimum absolute atomic E-state index is 0.197. The minimum Gasteiger partial charge on any atom is -0.480 e. The summed E-state index contributed by atoms with van der Waals surface area (Å²) in [6, 6.07) is 10.6. The van der Waals surface area contributed by atoms with Crippen molar-refractivity contribution in [3.63, 3.8) is 0 Å². The van der Waals surface area contributed by atoms with Gasteiger partial charge in [-0.3, -0.25) is 9.59 Å². The summed E-state index contributed by atoms with van der Waals surface area (Å²) in [5.74, 6) is -1.71. The standard InChI is InChI=1S/C24H21NO6/c1-12-4-6-15(7-5-12)19-11-30-20-10-21-16(8-18(19)20)13(2)17(24(29)31-21)9-22(26)25-14(3)23(27)28/h4-8,10-11,14H,9H2,1-3H3,(H,25,26)(H,27,28)/t14-/m0/s1. The van der Waals surface area contributed by atoms with Crippen LogP contribution in [-0.4, -0.2) is 23.0 Å². The summed E-state index contributed by atoms with van der Waals surface area (Å²) in [4.78, 5) is 35.7. The molecule has 7 heteroatoms. The SMILES string of the molecule is Cc1ccc(-c2coc3cc4oc(=O)c(CC(=O)N[C@@H](C)C(=O)O)c(C)c4cc23)cc1. The van der Waals surface area contributed by atoms with Crippen molar-refractivity contribution in [2.75, 3.05) is 0 Å². The number of fused-ring (bicyclic) bond motifs is 2. The van der Waals surface area contributed by atoms with Crippen LogP contribution in [0.3, 0.4) is 0 Å². The quantitative estimate of drug-likeness (QED) is 0.474. The number of furan rings is 1. The molecule has 1 amide bonds. The van der Waals surface area contributed by atoms with Crippen molar-refractivity contribution >= 4 is 33.8 Å². The molecule has 0 saturated heterocycles. The van der Waals surface area contributed by atoms with Crippen LogP contribution in [0.2, 0.25) is 0 Å². The van der Waals surface area contributed by atoms with Gasteiger partial charge in [0.1, 0.15) is 17.2 Å². The number of aryl methyl sites for hydroxylation is 2. The van der Waals surface area contributed by atoms with Crippen LogP contribution in [0.1, 0.15) is 23.6 Å². The van der Waals surface area contributed by atoms with E-state index in [1.165, 1.54) is 6.92 Å². The van der Waals surface area contributed by atoms with Crippen LogP contribution in [0.5, 0.6) is 0 Å². The van der Waals surface area contributed by atoms with Crippen molar-refractivity contribution in [2.45, 2.75) is 33.2 Å². The second-order valence-corrected chi connectivity index (χ2v) is 7.66. The fourth-order valence-electron chi connectivity index (χ4n) is 3.59. The maximum Gasteiger partial charge on any atom is 0.340 e. The first kappa shape index (κ1) is 20.4. The van der Waals surface area contributed by atoms with Crippen LogP contribution in [-0.2, 0) is 16.0 Å². The molecule has 2 N–H and O–H groups in total. The largest absolute Gasteiger partial charge is 0.480 e. The molecule has 0 unspecified atom stereocenters. The van der Waals surface area contributed by atoms with Gasteiger partial charge >= 0.3 is 11.6 Å². The number of hydrogen-bond donors (Lipinski definition) is 2. The highest BCUT2D eigenvalue weighted by Gasteiger charge is 2.20. The van der Waals surface area contributed by atoms with E-state index in [0.29, 0.717) is 22.1 Å². The van der Waals surface area contributed by atoms with Gasteiger partial charge in [0.2, 0.25) is 5.91 Å². The molecule has 0 fully saturated rings. The number of carboxylic acids is 1. The Hall–Kier alpha value is -3.87. The van der Waals surface area contributed by atoms with E-state index in [0.717, 1.165) is 22.1 Å². The molecule has 4 rings (SSSR count). The number of benzene rings is 2. The molecule has 7 nitrogen and oxygen atoms in total. The number of nitrogens with one attached hydrogen (secondary N) is 1. The topological polar surface area (TPSA) is 110 Å². The Morgan fingerprint density at radius 3 is 2.45 bits per heavy atom. The fourth-order valence-corrected chi connectivity index (χ4v) is 3.59. The zero-order valence-electron chi connectivity index (χ0n) is 17.3. The molecular formula is C24H21NO6. The van der Waals surface area contributed by atoms with Crippen LogP contribution in [0.15, 0.2) is 56.3 Å². The van der Waals surface area contributed by atoms with Gasteiger partial charge in [-0.15, -0.1) is 0 Å². The molecule has 0 aliphatic rings. The summed E-state index contributed by atoms with van der Waals surface area (Å²) >= 11 is 0. The van der Waals surface area contributed by atoms with Crippen LogP contribution >= 0.6 is 0 Å². The zero-order valence-corrected chi connectivity index (χ0v) is 17.3. The molecule has 158 valence electrons. The van der Waals surface area contributed by atoms with Crippen LogP contribution in [0.25, 0.3) is 33.1 Å². The van der Waals surface area contributed by atoms with E-state index in [4.69, 9.17) is 13.9 Å². The third-order valence-corrected chi connectivity index (χ3v) is 5.43. The number of aliphatic carboxylic acids is 1. The van der Waals surface area contributed by atoms with Gasteiger partial charge < -0.3 is 19.3 Å². The third kappa shape index (κ3) is 3.82. The van der Waals surface area contributed by atoms with E-state index in [1.807, 2.05) is 37.3 Å². The number of rotatable bonds is 5. The van der Waals surface area contributed by atoms with E-state index in [9.17, 15) is 14.4 Å². The van der Waals surface area contributed by atoms with Crippen molar-refractivity contribution in [2.24, 2.45) is 0 Å². The lowest BCUT2D eigenvalue weighted by Gasteiger charge is -2.11. The molecule has 1 atom stereocenters. The Morgan fingerprint density at radius 2 is 1.77 bits per heavy atom. The van der Waals surface area contributed by atoms with E-state index in [-0.39, 0.29) is 12.0 Å². The Bertz CT molecular complexity index is 1380. The average Bonchev–Trinajstić information content (AvgIpc) is 3.13. The first-order chi connectivity index (χ1) is 14.7. The number of carbonyl (C=O) groups excluding carboxylic acids is 1. The van der Waals surface area contributed by atoms with Gasteiger partial charge in [-0.05, 0) is 38.0 Å². The van der Waals surface area contributed by atoms with Gasteiger partial charge in [0.05, 0.1) is 18.2 Å². The molecule has 2 aromatic heterocycles. The predicted molar refractivity (Wildman–Crippen MR) is 116 cm³/mol. The van der Waals surface area contributed by atoms with Crippen molar-refractivity contribution in [3.05, 3.63) is 69.8 Å². The summed E-state index contributed by atoms with van der Waals surface area (Å²) in [7, 11) is 0. The summed E-state index contributed by atoms with van der Waals surface area (Å²) in [5, 5.41) is 12.9. The van der Waals surface area contributed by atoms with Crippen molar-refractivity contribution in [1.82, 2.24) is 5.32 Å². The highest BCUT2D eigenvalue weighted by molar-refractivity contribution is 6.02. The molecule has 0 aliphatic carbocycles. The van der Waals surface area contributed by atoms with Gasteiger partial charge in [-0.25, -0.2) is 4.79 Å². The van der Waals surface area contributed by atoms with Crippen LogP contribution in [0.4, 0.5) is 0 Å². The zero-order chi connectivity index (χ0) is 22.3. The molecule has 0 saturated carbocycles. The maximum atomic E-state index is 12.5. The number of hydrogen-bond acceptors (Lipinski definition) is 5. The highest BCUT2D eigenvalue weighted by Crippen LogP contribution is 2.34. The average molecular weight is 419 g/mol. The number of carbonyl (C=O) groups is 2. The van der Waals surface area contributed by atoms with E-state index in [2.05, 4.69) is 5.32 Å². The lowest BCUT2D eigenvalue weighted by atomic mass is 9.99. The number of amides is 1. The Morgan fingerprint density at radius 1 is 1.06 bits per heavy atom. The smallest absolute Gasteiger partial charge is 0.340 e. The summed E-state index contributed by atoms with van der Waals surface area (Å²) in [6.07, 6.45) is 1.40. The van der Waals surface area contributed by atoms with E-state index in [1.54, 1.807) is 19.3 Å². The van der Waals surface area contributed by atoms with Gasteiger partial charge in [0.15, 0.2) is 0 Å². The molecule has 0 spiro atoms. The summed E-state index contributed by atoms with van der Waals surface area (Å²) in [6.45, 7) is 5.13. The van der Waals surface area contributed by atoms with Crippen LogP contribution < -0.4 is 10.9 Å². The lowest BCUT2D eigenvalue weighted by Crippen LogP contribution is -2.39. The van der Waals surface area contributed by atoms with Gasteiger partial charge in [-0.1, -0.05) is 29.8 Å². The molecule has 2 heterocycles. The Labute approximate surface area is 177 Å².